The molecule has 152 valence electrons. The van der Waals surface area contributed by atoms with E-state index >= 15 is 0 Å². The Kier molecular flexibility index (Phi) is 7.86. The van der Waals surface area contributed by atoms with Gasteiger partial charge < -0.3 is 14.2 Å². The predicted octanol–water partition coefficient (Wildman–Crippen LogP) is 2.04. The Bertz CT molecular complexity index is 746. The first kappa shape index (κ1) is 21.3. The van der Waals surface area contributed by atoms with Crippen LogP contribution in [0.25, 0.3) is 6.08 Å². The van der Waals surface area contributed by atoms with Crippen LogP contribution in [-0.2, 0) is 19.1 Å². The Morgan fingerprint density at radius 2 is 1.82 bits per heavy atom. The number of carbonyl (C=O) groups is 3. The molecule has 0 aromatic heterocycles. The fraction of sp³-hybridized carbons (Fsp3) is 0.450. The van der Waals surface area contributed by atoms with Gasteiger partial charge in [0.2, 0.25) is 5.91 Å². The van der Waals surface area contributed by atoms with E-state index in [4.69, 9.17) is 14.2 Å². The number of hydrogen-bond donors (Lipinski definition) is 0. The Morgan fingerprint density at radius 3 is 2.50 bits per heavy atom. The molecule has 0 aliphatic carbocycles. The lowest BCUT2D eigenvalue weighted by atomic mass is 10.1. The molecule has 0 N–H and O–H groups in total. The van der Waals surface area contributed by atoms with Crippen LogP contribution < -0.4 is 9.47 Å². The topological polar surface area (TPSA) is 85.4 Å². The summed E-state index contributed by atoms with van der Waals surface area (Å²) < 4.78 is 15.3. The van der Waals surface area contributed by atoms with Crippen molar-refractivity contribution >= 4 is 23.9 Å². The molecule has 8 heteroatoms. The largest absolute Gasteiger partial charge is 0.497 e. The van der Waals surface area contributed by atoms with Crippen LogP contribution in [0.3, 0.4) is 0 Å². The third-order valence-electron chi connectivity index (χ3n) is 4.26. The average Bonchev–Trinajstić information content (AvgIpc) is 3.20. The van der Waals surface area contributed by atoms with Crippen LogP contribution in [-0.4, -0.2) is 61.7 Å². The molecule has 0 radical (unpaired) electrons. The van der Waals surface area contributed by atoms with Crippen LogP contribution >= 0.6 is 0 Å². The predicted molar refractivity (Wildman–Crippen MR) is 102 cm³/mol. The molecular formula is C20H26N2O6. The van der Waals surface area contributed by atoms with Gasteiger partial charge in [0.05, 0.1) is 27.2 Å². The normalized spacial score (nSPS) is 13.7. The summed E-state index contributed by atoms with van der Waals surface area (Å²) in [5, 5.41) is 2.80. The summed E-state index contributed by atoms with van der Waals surface area (Å²) in [6, 6.07) is 5.28. The monoisotopic (exact) mass is 390 g/mol. The second kappa shape index (κ2) is 10.3. The zero-order valence-corrected chi connectivity index (χ0v) is 16.5. The molecule has 8 nitrogen and oxygen atoms in total. The highest BCUT2D eigenvalue weighted by Crippen LogP contribution is 2.25. The zero-order valence-electron chi connectivity index (χ0n) is 16.5. The van der Waals surface area contributed by atoms with E-state index < -0.39 is 5.97 Å². The third-order valence-corrected chi connectivity index (χ3v) is 4.26. The summed E-state index contributed by atoms with van der Waals surface area (Å²) in [5.41, 5.74) is 0.689. The van der Waals surface area contributed by atoms with Crippen LogP contribution in [0.1, 0.15) is 31.7 Å². The number of ether oxygens (including phenoxy) is 3. The molecule has 1 aliphatic rings. The number of esters is 1. The fourth-order valence-electron chi connectivity index (χ4n) is 2.89. The van der Waals surface area contributed by atoms with Gasteiger partial charge in [0, 0.05) is 31.1 Å². The molecule has 1 aliphatic heterocycles. The summed E-state index contributed by atoms with van der Waals surface area (Å²) in [6.07, 6.45) is 3.73. The maximum absolute atomic E-state index is 12.6. The highest BCUT2D eigenvalue weighted by molar-refractivity contribution is 5.94. The summed E-state index contributed by atoms with van der Waals surface area (Å²) in [4.78, 5) is 36.4. The maximum atomic E-state index is 12.6. The van der Waals surface area contributed by atoms with Gasteiger partial charge in [-0.25, -0.2) is 5.01 Å². The quantitative estimate of drug-likeness (QED) is 0.499. The van der Waals surface area contributed by atoms with Crippen LogP contribution in [0.4, 0.5) is 0 Å². The van der Waals surface area contributed by atoms with Crippen molar-refractivity contribution < 1.29 is 28.6 Å². The second-order valence-electron chi connectivity index (χ2n) is 6.08. The molecule has 2 amide bonds. The standard InChI is InChI=1S/C20H26N2O6/c1-4-28-20(25)11-10-19(24)22-13-5-12-21(22)18(23)9-6-15-14-16(26-2)7-8-17(15)27-3/h6-9,14H,4-5,10-13H2,1-3H3/b9-6+. The van der Waals surface area contributed by atoms with Gasteiger partial charge in [-0.1, -0.05) is 0 Å². The van der Waals surface area contributed by atoms with E-state index in [-0.39, 0.29) is 31.3 Å². The minimum absolute atomic E-state index is 0.00204. The number of rotatable bonds is 8. The maximum Gasteiger partial charge on any atom is 0.306 e. The first-order chi connectivity index (χ1) is 13.5. The molecule has 1 fully saturated rings. The van der Waals surface area contributed by atoms with Crippen molar-refractivity contribution in [3.05, 3.63) is 29.8 Å². The van der Waals surface area contributed by atoms with E-state index in [1.54, 1.807) is 45.4 Å². The molecule has 0 atom stereocenters. The Balaban J connectivity index is 2.03. The average molecular weight is 390 g/mol. The van der Waals surface area contributed by atoms with E-state index in [1.165, 1.54) is 16.1 Å². The summed E-state index contributed by atoms with van der Waals surface area (Å²) in [7, 11) is 3.11. The Hall–Kier alpha value is -3.03. The molecule has 0 unspecified atom stereocenters. The number of hydrogen-bond acceptors (Lipinski definition) is 6. The number of hydrazine groups is 1. The van der Waals surface area contributed by atoms with Crippen molar-refractivity contribution in [3.8, 4) is 11.5 Å². The molecule has 0 saturated carbocycles. The van der Waals surface area contributed by atoms with Gasteiger partial charge in [-0.15, -0.1) is 0 Å². The molecule has 1 aromatic carbocycles. The molecule has 2 rings (SSSR count). The minimum Gasteiger partial charge on any atom is -0.497 e. The summed E-state index contributed by atoms with van der Waals surface area (Å²) in [5.74, 6) is 0.245. The van der Waals surface area contributed by atoms with Crippen LogP contribution in [0.2, 0.25) is 0 Å². The molecule has 0 bridgehead atoms. The molecule has 1 heterocycles. The lowest BCUT2D eigenvalue weighted by molar-refractivity contribution is -0.156. The van der Waals surface area contributed by atoms with Gasteiger partial charge in [-0.3, -0.25) is 19.4 Å². The van der Waals surface area contributed by atoms with Gasteiger partial charge in [0.15, 0.2) is 0 Å². The van der Waals surface area contributed by atoms with Crippen molar-refractivity contribution in [1.82, 2.24) is 10.0 Å². The molecule has 1 aromatic rings. The Morgan fingerprint density at radius 1 is 1.07 bits per heavy atom. The summed E-state index contributed by atoms with van der Waals surface area (Å²) >= 11 is 0. The van der Waals surface area contributed by atoms with Crippen LogP contribution in [0.5, 0.6) is 11.5 Å². The first-order valence-electron chi connectivity index (χ1n) is 9.17. The molecule has 1 saturated heterocycles. The molecule has 28 heavy (non-hydrogen) atoms. The SMILES string of the molecule is CCOC(=O)CCC(=O)N1CCCN1C(=O)/C=C/c1cc(OC)ccc1OC. The highest BCUT2D eigenvalue weighted by Gasteiger charge is 2.29. The van der Waals surface area contributed by atoms with E-state index in [0.717, 1.165) is 0 Å². The number of nitrogens with zero attached hydrogens (tertiary/aromatic N) is 2. The van der Waals surface area contributed by atoms with E-state index in [0.29, 0.717) is 36.6 Å². The number of methoxy groups -OCH3 is 2. The number of amides is 2. The van der Waals surface area contributed by atoms with E-state index in [1.807, 2.05) is 0 Å². The van der Waals surface area contributed by atoms with Gasteiger partial charge in [0.25, 0.3) is 5.91 Å². The molecular weight excluding hydrogens is 364 g/mol. The van der Waals surface area contributed by atoms with E-state index in [9.17, 15) is 14.4 Å². The van der Waals surface area contributed by atoms with Gasteiger partial charge in [0.1, 0.15) is 11.5 Å². The summed E-state index contributed by atoms with van der Waals surface area (Å²) in [6.45, 7) is 2.89. The smallest absolute Gasteiger partial charge is 0.306 e. The van der Waals surface area contributed by atoms with Gasteiger partial charge >= 0.3 is 5.97 Å². The van der Waals surface area contributed by atoms with Crippen molar-refractivity contribution in [2.45, 2.75) is 26.2 Å². The number of benzene rings is 1. The Labute approximate surface area is 164 Å². The van der Waals surface area contributed by atoms with Crippen LogP contribution in [0.15, 0.2) is 24.3 Å². The lowest BCUT2D eigenvalue weighted by Crippen LogP contribution is -2.44. The highest BCUT2D eigenvalue weighted by atomic mass is 16.5. The zero-order chi connectivity index (χ0) is 20.5. The lowest BCUT2D eigenvalue weighted by Gasteiger charge is -2.26. The van der Waals surface area contributed by atoms with E-state index in [2.05, 4.69) is 0 Å². The van der Waals surface area contributed by atoms with Crippen molar-refractivity contribution in [2.24, 2.45) is 0 Å². The van der Waals surface area contributed by atoms with Gasteiger partial charge in [-0.2, -0.15) is 0 Å². The number of carbonyl (C=O) groups excluding carboxylic acids is 3. The third kappa shape index (κ3) is 5.48. The molecule has 0 spiro atoms. The van der Waals surface area contributed by atoms with Gasteiger partial charge in [-0.05, 0) is 37.6 Å². The first-order valence-corrected chi connectivity index (χ1v) is 9.17. The second-order valence-corrected chi connectivity index (χ2v) is 6.08. The van der Waals surface area contributed by atoms with Crippen molar-refractivity contribution in [1.29, 1.82) is 0 Å². The van der Waals surface area contributed by atoms with Crippen LogP contribution in [0, 0.1) is 0 Å². The minimum atomic E-state index is -0.419. The van der Waals surface area contributed by atoms with Crippen molar-refractivity contribution in [2.75, 3.05) is 33.9 Å². The van der Waals surface area contributed by atoms with Crippen molar-refractivity contribution in [3.63, 3.8) is 0 Å². The fourth-order valence-corrected chi connectivity index (χ4v) is 2.89.